The summed E-state index contributed by atoms with van der Waals surface area (Å²) in [7, 11) is -1.76. The Kier molecular flexibility index (Phi) is 4.79. The van der Waals surface area contributed by atoms with Crippen LogP contribution in [0.15, 0.2) is 47.6 Å². The van der Waals surface area contributed by atoms with Crippen molar-refractivity contribution in [1.82, 2.24) is 19.4 Å². The zero-order chi connectivity index (χ0) is 16.3. The second-order valence-electron chi connectivity index (χ2n) is 5.94. The van der Waals surface area contributed by atoms with E-state index in [1.807, 2.05) is 6.07 Å². The van der Waals surface area contributed by atoms with Gasteiger partial charge in [-0.2, -0.15) is 5.10 Å². The Hall–Kier alpha value is -1.70. The first-order chi connectivity index (χ1) is 11.0. The molecule has 2 heterocycles. The van der Waals surface area contributed by atoms with Crippen LogP contribution in [0.25, 0.3) is 0 Å². The average Bonchev–Trinajstić information content (AvgIpc) is 3.17. The van der Waals surface area contributed by atoms with Crippen molar-refractivity contribution in [1.29, 1.82) is 0 Å². The number of aromatic nitrogens is 2. The normalized spacial score (nSPS) is 19.3. The highest BCUT2D eigenvalue weighted by Crippen LogP contribution is 2.26. The fraction of sp³-hybridized carbons (Fsp3) is 0.438. The highest BCUT2D eigenvalue weighted by atomic mass is 32.2. The van der Waals surface area contributed by atoms with E-state index in [4.69, 9.17) is 0 Å². The monoisotopic (exact) mass is 334 g/mol. The van der Waals surface area contributed by atoms with Crippen molar-refractivity contribution in [2.45, 2.75) is 17.2 Å². The Morgan fingerprint density at radius 2 is 2.09 bits per heavy atom. The molecule has 0 amide bonds. The van der Waals surface area contributed by atoms with E-state index < -0.39 is 10.0 Å². The molecule has 1 aromatic carbocycles. The second-order valence-corrected chi connectivity index (χ2v) is 7.71. The molecule has 1 atom stereocenters. The molecule has 0 saturated carbocycles. The van der Waals surface area contributed by atoms with Crippen molar-refractivity contribution in [2.75, 3.05) is 26.2 Å². The van der Waals surface area contributed by atoms with Gasteiger partial charge in [-0.3, -0.25) is 4.68 Å². The molecular weight excluding hydrogens is 312 g/mol. The third kappa shape index (κ3) is 3.99. The minimum Gasteiger partial charge on any atom is -0.301 e. The molecule has 0 unspecified atom stereocenters. The van der Waals surface area contributed by atoms with Gasteiger partial charge in [0.25, 0.3) is 0 Å². The van der Waals surface area contributed by atoms with Crippen LogP contribution >= 0.6 is 0 Å². The molecule has 2 aromatic rings. The van der Waals surface area contributed by atoms with Crippen molar-refractivity contribution >= 4 is 10.0 Å². The van der Waals surface area contributed by atoms with Gasteiger partial charge in [-0.1, -0.05) is 30.3 Å². The minimum absolute atomic E-state index is 0.212. The average molecular weight is 334 g/mol. The van der Waals surface area contributed by atoms with E-state index in [-0.39, 0.29) is 4.90 Å². The van der Waals surface area contributed by atoms with Crippen LogP contribution < -0.4 is 4.72 Å². The number of hydrogen-bond acceptors (Lipinski definition) is 4. The summed E-state index contributed by atoms with van der Waals surface area (Å²) in [5.41, 5.74) is 1.37. The second kappa shape index (κ2) is 6.82. The van der Waals surface area contributed by atoms with Crippen LogP contribution in [0, 0.1) is 0 Å². The van der Waals surface area contributed by atoms with Gasteiger partial charge in [0.15, 0.2) is 0 Å². The van der Waals surface area contributed by atoms with Gasteiger partial charge in [-0.25, -0.2) is 13.1 Å². The molecule has 0 spiro atoms. The SMILES string of the molecule is Cn1cc(S(=O)(=O)NCCN2CC[C@H](c3ccccc3)C2)cn1. The Bertz CT molecular complexity index is 742. The standard InChI is InChI=1S/C16H22N4O2S/c1-19-13-16(11-17-19)23(21,22)18-8-10-20-9-7-15(12-20)14-5-3-2-4-6-14/h2-6,11,13,15,18H,7-10,12H2,1H3/t15-/m0/s1. The number of sulfonamides is 1. The van der Waals surface area contributed by atoms with E-state index in [2.05, 4.69) is 39.0 Å². The quantitative estimate of drug-likeness (QED) is 0.862. The van der Waals surface area contributed by atoms with Crippen LogP contribution in [0.5, 0.6) is 0 Å². The van der Waals surface area contributed by atoms with Crippen LogP contribution in [-0.2, 0) is 17.1 Å². The summed E-state index contributed by atoms with van der Waals surface area (Å²) in [4.78, 5) is 2.52. The lowest BCUT2D eigenvalue weighted by atomic mass is 9.99. The number of nitrogens with one attached hydrogen (secondary N) is 1. The van der Waals surface area contributed by atoms with Gasteiger partial charge in [0.05, 0.1) is 6.20 Å². The highest BCUT2D eigenvalue weighted by molar-refractivity contribution is 7.89. The molecule has 1 N–H and O–H groups in total. The Labute approximate surface area is 137 Å². The molecule has 1 saturated heterocycles. The Morgan fingerprint density at radius 1 is 1.30 bits per heavy atom. The van der Waals surface area contributed by atoms with Gasteiger partial charge in [0, 0.05) is 32.9 Å². The third-order valence-electron chi connectivity index (χ3n) is 4.25. The minimum atomic E-state index is -3.46. The lowest BCUT2D eigenvalue weighted by Gasteiger charge is -2.16. The van der Waals surface area contributed by atoms with Crippen molar-refractivity contribution in [3.63, 3.8) is 0 Å². The summed E-state index contributed by atoms with van der Waals surface area (Å²) in [6.45, 7) is 3.13. The molecule has 0 radical (unpaired) electrons. The zero-order valence-electron chi connectivity index (χ0n) is 13.2. The molecule has 124 valence electrons. The van der Waals surface area contributed by atoms with Gasteiger partial charge in [0.1, 0.15) is 4.90 Å². The lowest BCUT2D eigenvalue weighted by Crippen LogP contribution is -2.33. The van der Waals surface area contributed by atoms with Gasteiger partial charge >= 0.3 is 0 Å². The topological polar surface area (TPSA) is 67.2 Å². The maximum Gasteiger partial charge on any atom is 0.243 e. The fourth-order valence-corrected chi connectivity index (χ4v) is 4.00. The molecule has 7 heteroatoms. The zero-order valence-corrected chi connectivity index (χ0v) is 14.0. The van der Waals surface area contributed by atoms with Crippen LogP contribution in [0.4, 0.5) is 0 Å². The van der Waals surface area contributed by atoms with Gasteiger partial charge in [0.2, 0.25) is 10.0 Å². The van der Waals surface area contributed by atoms with Crippen LogP contribution in [0.2, 0.25) is 0 Å². The summed E-state index contributed by atoms with van der Waals surface area (Å²) < 4.78 is 28.4. The molecule has 1 aromatic heterocycles. The number of rotatable bonds is 6. The maximum absolute atomic E-state index is 12.1. The van der Waals surface area contributed by atoms with E-state index >= 15 is 0 Å². The highest BCUT2D eigenvalue weighted by Gasteiger charge is 2.24. The first kappa shape index (κ1) is 16.2. The van der Waals surface area contributed by atoms with Gasteiger partial charge in [-0.15, -0.1) is 0 Å². The largest absolute Gasteiger partial charge is 0.301 e. The van der Waals surface area contributed by atoms with E-state index in [1.54, 1.807) is 7.05 Å². The fourth-order valence-electron chi connectivity index (χ4n) is 2.99. The van der Waals surface area contributed by atoms with E-state index in [1.165, 1.54) is 22.6 Å². The van der Waals surface area contributed by atoms with E-state index in [0.717, 1.165) is 26.1 Å². The Balaban J connectivity index is 1.48. The van der Waals surface area contributed by atoms with Crippen molar-refractivity contribution in [2.24, 2.45) is 7.05 Å². The molecule has 0 aliphatic carbocycles. The van der Waals surface area contributed by atoms with Crippen LogP contribution in [0.1, 0.15) is 17.9 Å². The van der Waals surface area contributed by atoms with Crippen LogP contribution in [0.3, 0.4) is 0 Å². The van der Waals surface area contributed by atoms with Crippen LogP contribution in [-0.4, -0.2) is 49.3 Å². The van der Waals surface area contributed by atoms with Crippen molar-refractivity contribution < 1.29 is 8.42 Å². The molecule has 3 rings (SSSR count). The first-order valence-corrected chi connectivity index (χ1v) is 9.28. The number of aryl methyl sites for hydroxylation is 1. The lowest BCUT2D eigenvalue weighted by molar-refractivity contribution is 0.339. The van der Waals surface area contributed by atoms with Gasteiger partial charge < -0.3 is 4.90 Å². The first-order valence-electron chi connectivity index (χ1n) is 7.80. The predicted molar refractivity (Wildman–Crippen MR) is 88.6 cm³/mol. The summed E-state index contributed by atoms with van der Waals surface area (Å²) in [5.74, 6) is 0.547. The van der Waals surface area contributed by atoms with Crippen molar-refractivity contribution in [3.05, 3.63) is 48.3 Å². The summed E-state index contributed by atoms with van der Waals surface area (Å²) in [6.07, 6.45) is 3.99. The molecule has 1 aliphatic rings. The molecule has 6 nitrogen and oxygen atoms in total. The smallest absolute Gasteiger partial charge is 0.243 e. The summed E-state index contributed by atoms with van der Waals surface area (Å²) in [5, 5.41) is 3.90. The molecule has 1 fully saturated rings. The maximum atomic E-state index is 12.1. The summed E-state index contributed by atoms with van der Waals surface area (Å²) >= 11 is 0. The third-order valence-corrected chi connectivity index (χ3v) is 5.67. The number of nitrogens with zero attached hydrogens (tertiary/aromatic N) is 3. The molecular formula is C16H22N4O2S. The van der Waals surface area contributed by atoms with E-state index in [9.17, 15) is 8.42 Å². The van der Waals surface area contributed by atoms with E-state index in [0.29, 0.717) is 12.5 Å². The number of hydrogen-bond donors (Lipinski definition) is 1. The van der Waals surface area contributed by atoms with Gasteiger partial charge in [-0.05, 0) is 24.4 Å². The molecule has 0 bridgehead atoms. The number of likely N-dealkylation sites (tertiary alicyclic amines) is 1. The number of benzene rings is 1. The predicted octanol–water partition coefficient (Wildman–Crippen LogP) is 1.19. The molecule has 1 aliphatic heterocycles. The Morgan fingerprint density at radius 3 is 2.78 bits per heavy atom. The summed E-state index contributed by atoms with van der Waals surface area (Å²) in [6, 6.07) is 10.5. The molecule has 23 heavy (non-hydrogen) atoms. The van der Waals surface area contributed by atoms with Crippen molar-refractivity contribution in [3.8, 4) is 0 Å².